The van der Waals surface area contributed by atoms with Crippen molar-refractivity contribution in [2.75, 3.05) is 32.8 Å². The van der Waals surface area contributed by atoms with Gasteiger partial charge in [-0.2, -0.15) is 0 Å². The highest BCUT2D eigenvalue weighted by molar-refractivity contribution is 5.95. The van der Waals surface area contributed by atoms with Crippen LogP contribution < -0.4 is 4.74 Å². The van der Waals surface area contributed by atoms with Crippen molar-refractivity contribution in [1.82, 2.24) is 9.80 Å². The van der Waals surface area contributed by atoms with Gasteiger partial charge in [0, 0.05) is 56.3 Å². The molecule has 0 aromatic heterocycles. The maximum absolute atomic E-state index is 12.7. The Balaban J connectivity index is 1.37. The lowest BCUT2D eigenvalue weighted by Crippen LogP contribution is -2.48. The fraction of sp³-hybridized carbons (Fsp3) is 0.381. The van der Waals surface area contributed by atoms with E-state index in [1.165, 1.54) is 17.2 Å². The molecule has 28 heavy (non-hydrogen) atoms. The molecule has 0 N–H and O–H groups in total. The monoisotopic (exact) mass is 381 g/mol. The van der Waals surface area contributed by atoms with Crippen molar-refractivity contribution in [2.45, 2.75) is 19.9 Å². The first-order valence-electron chi connectivity index (χ1n) is 9.52. The number of hydrogen-bond donors (Lipinski definition) is 0. The topological polar surface area (TPSA) is 75.9 Å². The molecule has 0 unspecified atom stereocenters. The zero-order valence-corrected chi connectivity index (χ0v) is 15.9. The average molecular weight is 381 g/mol. The molecule has 1 fully saturated rings. The molecule has 2 heterocycles. The van der Waals surface area contributed by atoms with Crippen LogP contribution in [0.1, 0.15) is 27.0 Å². The second-order valence-electron chi connectivity index (χ2n) is 7.37. The largest absolute Gasteiger partial charge is 0.493 e. The molecule has 4 rings (SSSR count). The number of piperazine rings is 1. The van der Waals surface area contributed by atoms with E-state index in [2.05, 4.69) is 17.0 Å². The van der Waals surface area contributed by atoms with Crippen LogP contribution in [0.25, 0.3) is 0 Å². The molecule has 1 amide bonds. The zero-order chi connectivity index (χ0) is 19.7. The van der Waals surface area contributed by atoms with Crippen LogP contribution >= 0.6 is 0 Å². The molecule has 0 bridgehead atoms. The van der Waals surface area contributed by atoms with Crippen molar-refractivity contribution >= 4 is 11.6 Å². The van der Waals surface area contributed by atoms with Gasteiger partial charge in [-0.3, -0.25) is 19.8 Å². The number of benzene rings is 2. The number of nitro benzene ring substituents is 1. The molecule has 7 nitrogen and oxygen atoms in total. The minimum absolute atomic E-state index is 0.00919. The van der Waals surface area contributed by atoms with E-state index in [0.717, 1.165) is 38.4 Å². The lowest BCUT2D eigenvalue weighted by atomic mass is 10.1. The molecule has 0 saturated carbocycles. The summed E-state index contributed by atoms with van der Waals surface area (Å²) in [6.07, 6.45) is 0.966. The molecule has 2 aliphatic heterocycles. The van der Waals surface area contributed by atoms with E-state index in [9.17, 15) is 14.9 Å². The minimum atomic E-state index is -0.439. The molecule has 1 saturated heterocycles. The number of hydrogen-bond acceptors (Lipinski definition) is 5. The number of fused-ring (bicyclic) bond motifs is 1. The number of nitrogens with zero attached hydrogens (tertiary/aromatic N) is 3. The van der Waals surface area contributed by atoms with E-state index >= 15 is 0 Å². The number of rotatable bonds is 4. The molecule has 0 radical (unpaired) electrons. The van der Waals surface area contributed by atoms with E-state index in [0.29, 0.717) is 24.2 Å². The van der Waals surface area contributed by atoms with Crippen molar-refractivity contribution in [3.63, 3.8) is 0 Å². The third kappa shape index (κ3) is 3.71. The lowest BCUT2D eigenvalue weighted by Gasteiger charge is -2.34. The maximum Gasteiger partial charge on any atom is 0.273 e. The highest BCUT2D eigenvalue weighted by Crippen LogP contribution is 2.26. The summed E-state index contributed by atoms with van der Waals surface area (Å²) < 4.78 is 5.56. The van der Waals surface area contributed by atoms with Crippen LogP contribution in [-0.4, -0.2) is 53.4 Å². The molecule has 0 aliphatic carbocycles. The summed E-state index contributed by atoms with van der Waals surface area (Å²) in [5, 5.41) is 11.1. The fourth-order valence-electron chi connectivity index (χ4n) is 3.83. The van der Waals surface area contributed by atoms with Crippen molar-refractivity contribution in [2.24, 2.45) is 0 Å². The number of carbonyl (C=O) groups excluding carboxylic acids is 1. The summed E-state index contributed by atoms with van der Waals surface area (Å²) in [5.41, 5.74) is 3.46. The van der Waals surface area contributed by atoms with Gasteiger partial charge in [0.2, 0.25) is 0 Å². The first-order chi connectivity index (χ1) is 13.5. The van der Waals surface area contributed by atoms with E-state index in [1.807, 2.05) is 6.07 Å². The van der Waals surface area contributed by atoms with Crippen molar-refractivity contribution < 1.29 is 14.5 Å². The highest BCUT2D eigenvalue weighted by Gasteiger charge is 2.24. The molecular weight excluding hydrogens is 358 g/mol. The molecule has 2 aliphatic rings. The van der Waals surface area contributed by atoms with Gasteiger partial charge in [0.15, 0.2) is 0 Å². The first kappa shape index (κ1) is 18.4. The van der Waals surface area contributed by atoms with Gasteiger partial charge in [-0.25, -0.2) is 0 Å². The van der Waals surface area contributed by atoms with Gasteiger partial charge in [0.1, 0.15) is 5.75 Å². The number of ether oxygens (including phenoxy) is 1. The Bertz CT molecular complexity index is 920. The number of aryl methyl sites for hydroxylation is 1. The summed E-state index contributed by atoms with van der Waals surface area (Å²) in [6, 6.07) is 11.1. The van der Waals surface area contributed by atoms with E-state index < -0.39 is 4.92 Å². The Hall–Kier alpha value is -2.93. The van der Waals surface area contributed by atoms with E-state index in [1.54, 1.807) is 24.0 Å². The average Bonchev–Trinajstić information content (AvgIpc) is 3.16. The molecule has 0 atom stereocenters. The second-order valence-corrected chi connectivity index (χ2v) is 7.37. The quantitative estimate of drug-likeness (QED) is 0.601. The Morgan fingerprint density at radius 1 is 1.14 bits per heavy atom. The van der Waals surface area contributed by atoms with E-state index in [-0.39, 0.29) is 11.6 Å². The van der Waals surface area contributed by atoms with Crippen LogP contribution in [0.3, 0.4) is 0 Å². The Morgan fingerprint density at radius 3 is 2.68 bits per heavy atom. The van der Waals surface area contributed by atoms with Crippen molar-refractivity contribution in [3.05, 3.63) is 68.8 Å². The Morgan fingerprint density at radius 2 is 1.93 bits per heavy atom. The van der Waals surface area contributed by atoms with Gasteiger partial charge in [0.25, 0.3) is 11.6 Å². The Kier molecular flexibility index (Phi) is 5.00. The standard InChI is InChI=1S/C21H23N3O4/c1-15-2-4-18(13-19(15)24(26)27)21(25)23-9-7-22(8-10-23)14-16-3-5-20-17(12-16)6-11-28-20/h2-5,12-13H,6-11,14H2,1H3. The SMILES string of the molecule is Cc1ccc(C(=O)N2CCN(Cc3ccc4c(c3)CCO4)CC2)cc1[N+](=O)[O-]. The molecule has 2 aromatic carbocycles. The fourth-order valence-corrected chi connectivity index (χ4v) is 3.83. The molecule has 146 valence electrons. The van der Waals surface area contributed by atoms with Crippen LogP contribution in [0.15, 0.2) is 36.4 Å². The predicted molar refractivity (Wildman–Crippen MR) is 105 cm³/mol. The summed E-state index contributed by atoms with van der Waals surface area (Å²) in [4.78, 5) is 27.5. The van der Waals surface area contributed by atoms with Gasteiger partial charge >= 0.3 is 0 Å². The lowest BCUT2D eigenvalue weighted by molar-refractivity contribution is -0.385. The number of amides is 1. The second kappa shape index (κ2) is 7.59. The van der Waals surface area contributed by atoms with Crippen molar-refractivity contribution in [3.8, 4) is 5.75 Å². The Labute approximate surface area is 163 Å². The van der Waals surface area contributed by atoms with Gasteiger partial charge in [0.05, 0.1) is 11.5 Å². The van der Waals surface area contributed by atoms with E-state index in [4.69, 9.17) is 4.74 Å². The van der Waals surface area contributed by atoms with Gasteiger partial charge in [-0.05, 0) is 30.2 Å². The first-order valence-corrected chi connectivity index (χ1v) is 9.52. The van der Waals surface area contributed by atoms with Crippen molar-refractivity contribution in [1.29, 1.82) is 0 Å². The highest BCUT2D eigenvalue weighted by atomic mass is 16.6. The van der Waals surface area contributed by atoms with Gasteiger partial charge < -0.3 is 9.64 Å². The van der Waals surface area contributed by atoms with Gasteiger partial charge in [-0.15, -0.1) is 0 Å². The summed E-state index contributed by atoms with van der Waals surface area (Å²) in [5.74, 6) is 0.851. The maximum atomic E-state index is 12.7. The van der Waals surface area contributed by atoms with Gasteiger partial charge in [-0.1, -0.05) is 18.2 Å². The predicted octanol–water partition coefficient (Wildman–Crippen LogP) is 2.80. The number of nitro groups is 1. The normalized spacial score (nSPS) is 16.5. The summed E-state index contributed by atoms with van der Waals surface area (Å²) >= 11 is 0. The van der Waals surface area contributed by atoms with Crippen LogP contribution in [-0.2, 0) is 13.0 Å². The molecule has 0 spiro atoms. The zero-order valence-electron chi connectivity index (χ0n) is 15.9. The van der Waals surface area contributed by atoms with Crippen LogP contribution in [0.2, 0.25) is 0 Å². The minimum Gasteiger partial charge on any atom is -0.493 e. The molecular formula is C21H23N3O4. The smallest absolute Gasteiger partial charge is 0.273 e. The molecule has 2 aromatic rings. The van der Waals surface area contributed by atoms with Crippen LogP contribution in [0.5, 0.6) is 5.75 Å². The molecule has 7 heteroatoms. The van der Waals surface area contributed by atoms with Crippen LogP contribution in [0.4, 0.5) is 5.69 Å². The number of carbonyl (C=O) groups is 1. The van der Waals surface area contributed by atoms with Crippen LogP contribution in [0, 0.1) is 17.0 Å². The third-order valence-electron chi connectivity index (χ3n) is 5.47. The summed E-state index contributed by atoms with van der Waals surface area (Å²) in [7, 11) is 0. The third-order valence-corrected chi connectivity index (χ3v) is 5.47. The summed E-state index contributed by atoms with van der Waals surface area (Å²) in [6.45, 7) is 6.10.